The van der Waals surface area contributed by atoms with Crippen LogP contribution in [0.2, 0.25) is 0 Å². The molecule has 0 bridgehead atoms. The van der Waals surface area contributed by atoms with Crippen molar-refractivity contribution in [1.82, 2.24) is 0 Å². The number of carbonyl (C=O) groups excluding carboxylic acids is 1. The van der Waals surface area contributed by atoms with E-state index in [1.54, 1.807) is 0 Å². The highest BCUT2D eigenvalue weighted by Gasteiger charge is 2.04. The Hall–Kier alpha value is -0.530. The van der Waals surface area contributed by atoms with E-state index in [-0.39, 0.29) is 12.1 Å². The number of hydrogen-bond donors (Lipinski definition) is 0. The molecular formula is C30H60O2. The molecule has 0 aromatic rings. The lowest BCUT2D eigenvalue weighted by Crippen LogP contribution is -2.11. The molecule has 0 fully saturated rings. The summed E-state index contributed by atoms with van der Waals surface area (Å²) in [5, 5.41) is 0. The maximum Gasteiger partial charge on any atom is 0.302 e. The van der Waals surface area contributed by atoms with E-state index in [0.29, 0.717) is 0 Å². The van der Waals surface area contributed by atoms with Gasteiger partial charge in [-0.3, -0.25) is 4.79 Å². The number of ether oxygens (including phenoxy) is 1. The van der Waals surface area contributed by atoms with Gasteiger partial charge in [0.2, 0.25) is 0 Å². The zero-order chi connectivity index (χ0) is 23.5. The van der Waals surface area contributed by atoms with Crippen molar-refractivity contribution >= 4 is 5.97 Å². The van der Waals surface area contributed by atoms with Gasteiger partial charge < -0.3 is 4.74 Å². The number of rotatable bonds is 26. The van der Waals surface area contributed by atoms with E-state index in [9.17, 15) is 4.79 Å². The van der Waals surface area contributed by atoms with Crippen molar-refractivity contribution in [3.05, 3.63) is 0 Å². The maximum absolute atomic E-state index is 10.9. The fraction of sp³-hybridized carbons (Fsp3) is 0.967. The summed E-state index contributed by atoms with van der Waals surface area (Å²) in [6.07, 6.45) is 35.3. The molecule has 0 amide bonds. The summed E-state index contributed by atoms with van der Waals surface area (Å²) in [6, 6.07) is 0. The quantitative estimate of drug-likeness (QED) is 0.0963. The third kappa shape index (κ3) is 27.5. The molecule has 0 saturated heterocycles. The Labute approximate surface area is 203 Å². The molecule has 0 aromatic carbocycles. The lowest BCUT2D eigenvalue weighted by molar-refractivity contribution is -0.145. The van der Waals surface area contributed by atoms with Crippen LogP contribution >= 0.6 is 0 Å². The molecular weight excluding hydrogens is 392 g/mol. The molecule has 0 rings (SSSR count). The first-order valence-corrected chi connectivity index (χ1v) is 14.8. The van der Waals surface area contributed by atoms with Crippen LogP contribution in [0.5, 0.6) is 0 Å². The Balaban J connectivity index is 3.06. The molecule has 0 spiro atoms. The second-order valence-corrected chi connectivity index (χ2v) is 10.3. The van der Waals surface area contributed by atoms with E-state index in [4.69, 9.17) is 4.74 Å². The highest BCUT2D eigenvalue weighted by Crippen LogP contribution is 2.16. The fourth-order valence-corrected chi connectivity index (χ4v) is 4.74. The molecule has 0 aliphatic carbocycles. The van der Waals surface area contributed by atoms with Crippen molar-refractivity contribution in [2.75, 3.05) is 0 Å². The van der Waals surface area contributed by atoms with Gasteiger partial charge in [0.15, 0.2) is 0 Å². The molecule has 32 heavy (non-hydrogen) atoms. The smallest absolute Gasteiger partial charge is 0.302 e. The largest absolute Gasteiger partial charge is 0.463 e. The molecule has 192 valence electrons. The second-order valence-electron chi connectivity index (χ2n) is 10.3. The zero-order valence-electron chi connectivity index (χ0n) is 22.6. The first-order valence-electron chi connectivity index (χ1n) is 14.8. The molecule has 0 aromatic heterocycles. The lowest BCUT2D eigenvalue weighted by atomic mass is 10.0. The minimum atomic E-state index is -0.151. The van der Waals surface area contributed by atoms with Crippen LogP contribution in [0.3, 0.4) is 0 Å². The first kappa shape index (κ1) is 31.5. The summed E-state index contributed by atoms with van der Waals surface area (Å²) < 4.78 is 5.16. The minimum Gasteiger partial charge on any atom is -0.463 e. The topological polar surface area (TPSA) is 26.3 Å². The summed E-state index contributed by atoms with van der Waals surface area (Å²) in [6.45, 7) is 5.79. The summed E-state index contributed by atoms with van der Waals surface area (Å²) >= 11 is 0. The van der Waals surface area contributed by atoms with E-state index >= 15 is 0 Å². The van der Waals surface area contributed by atoms with Gasteiger partial charge in [-0.05, 0) is 19.8 Å². The number of hydrogen-bond acceptors (Lipinski definition) is 2. The minimum absolute atomic E-state index is 0.0900. The van der Waals surface area contributed by atoms with Crippen molar-refractivity contribution in [2.45, 2.75) is 187 Å². The van der Waals surface area contributed by atoms with Crippen LogP contribution in [-0.2, 0) is 9.53 Å². The van der Waals surface area contributed by atoms with Gasteiger partial charge in [-0.2, -0.15) is 0 Å². The van der Waals surface area contributed by atoms with Gasteiger partial charge in [-0.1, -0.05) is 155 Å². The Morgan fingerprint density at radius 2 is 0.750 bits per heavy atom. The van der Waals surface area contributed by atoms with Crippen molar-refractivity contribution in [1.29, 1.82) is 0 Å². The molecule has 0 saturated carbocycles. The zero-order valence-corrected chi connectivity index (χ0v) is 22.6. The second kappa shape index (κ2) is 26.7. The van der Waals surface area contributed by atoms with Crippen LogP contribution in [0.4, 0.5) is 0 Å². The Kier molecular flexibility index (Phi) is 26.3. The SMILES string of the molecule is CCCCCCCCCCCCCCCCCCCCCCCCCCC(C)OC(C)=O. The van der Waals surface area contributed by atoms with E-state index in [1.807, 2.05) is 6.92 Å². The number of carbonyl (C=O) groups is 1. The standard InChI is InChI=1S/C30H60O2/c1-4-5-6-7-8-9-10-11-12-13-14-15-16-17-18-19-20-21-22-23-24-25-26-27-28-29(2)32-30(3)31/h29H,4-28H2,1-3H3. The van der Waals surface area contributed by atoms with Crippen molar-refractivity contribution < 1.29 is 9.53 Å². The molecule has 1 unspecified atom stereocenters. The Morgan fingerprint density at radius 3 is 1.00 bits per heavy atom. The van der Waals surface area contributed by atoms with Gasteiger partial charge in [-0.15, -0.1) is 0 Å². The summed E-state index contributed by atoms with van der Waals surface area (Å²) in [7, 11) is 0. The van der Waals surface area contributed by atoms with E-state index in [0.717, 1.165) is 6.42 Å². The van der Waals surface area contributed by atoms with Crippen molar-refractivity contribution in [2.24, 2.45) is 0 Å². The van der Waals surface area contributed by atoms with Crippen LogP contribution in [0.1, 0.15) is 181 Å². The Morgan fingerprint density at radius 1 is 0.500 bits per heavy atom. The van der Waals surface area contributed by atoms with E-state index in [1.165, 1.54) is 161 Å². The molecule has 0 radical (unpaired) electrons. The molecule has 2 nitrogen and oxygen atoms in total. The average molecular weight is 453 g/mol. The molecule has 0 heterocycles. The molecule has 0 aliphatic rings. The highest BCUT2D eigenvalue weighted by molar-refractivity contribution is 5.66. The van der Waals surface area contributed by atoms with Gasteiger partial charge >= 0.3 is 5.97 Å². The van der Waals surface area contributed by atoms with Gasteiger partial charge in [0.1, 0.15) is 0 Å². The normalized spacial score (nSPS) is 12.2. The number of esters is 1. The first-order chi connectivity index (χ1) is 15.7. The van der Waals surface area contributed by atoms with E-state index in [2.05, 4.69) is 6.92 Å². The summed E-state index contributed by atoms with van der Waals surface area (Å²) in [5.41, 5.74) is 0. The summed E-state index contributed by atoms with van der Waals surface area (Å²) in [5.74, 6) is -0.151. The molecule has 0 N–H and O–H groups in total. The predicted molar refractivity (Wildman–Crippen MR) is 142 cm³/mol. The van der Waals surface area contributed by atoms with Crippen LogP contribution in [0.25, 0.3) is 0 Å². The third-order valence-corrected chi connectivity index (χ3v) is 6.83. The van der Waals surface area contributed by atoms with Crippen LogP contribution < -0.4 is 0 Å². The molecule has 0 aliphatic heterocycles. The maximum atomic E-state index is 10.9. The molecule has 2 heteroatoms. The average Bonchev–Trinajstić information content (AvgIpc) is 2.76. The van der Waals surface area contributed by atoms with Crippen molar-refractivity contribution in [3.8, 4) is 0 Å². The van der Waals surface area contributed by atoms with Gasteiger partial charge in [0.05, 0.1) is 6.10 Å². The lowest BCUT2D eigenvalue weighted by Gasteiger charge is -2.11. The molecule has 1 atom stereocenters. The highest BCUT2D eigenvalue weighted by atomic mass is 16.5. The van der Waals surface area contributed by atoms with Gasteiger partial charge in [0.25, 0.3) is 0 Å². The Bertz CT molecular complexity index is 366. The fourth-order valence-electron chi connectivity index (χ4n) is 4.74. The summed E-state index contributed by atoms with van der Waals surface area (Å²) in [4.78, 5) is 10.9. The van der Waals surface area contributed by atoms with Crippen molar-refractivity contribution in [3.63, 3.8) is 0 Å². The predicted octanol–water partition coefficient (Wildman–Crippen LogP) is 10.7. The van der Waals surface area contributed by atoms with E-state index < -0.39 is 0 Å². The van der Waals surface area contributed by atoms with Gasteiger partial charge in [-0.25, -0.2) is 0 Å². The monoisotopic (exact) mass is 452 g/mol. The number of unbranched alkanes of at least 4 members (excludes halogenated alkanes) is 23. The van der Waals surface area contributed by atoms with Gasteiger partial charge in [0, 0.05) is 6.92 Å². The van der Waals surface area contributed by atoms with Crippen LogP contribution in [-0.4, -0.2) is 12.1 Å². The van der Waals surface area contributed by atoms with Crippen LogP contribution in [0.15, 0.2) is 0 Å². The third-order valence-electron chi connectivity index (χ3n) is 6.83. The van der Waals surface area contributed by atoms with Crippen LogP contribution in [0, 0.1) is 0 Å².